The van der Waals surface area contributed by atoms with Gasteiger partial charge in [0, 0.05) is 35.7 Å². The molecule has 1 N–H and O–H groups in total. The fourth-order valence-corrected chi connectivity index (χ4v) is 4.96. The van der Waals surface area contributed by atoms with E-state index in [-0.39, 0.29) is 29.2 Å². The van der Waals surface area contributed by atoms with Crippen molar-refractivity contribution in [1.82, 2.24) is 14.6 Å². The van der Waals surface area contributed by atoms with E-state index in [1.807, 2.05) is 30.0 Å². The van der Waals surface area contributed by atoms with Crippen LogP contribution >= 0.6 is 0 Å². The third kappa shape index (κ3) is 4.54. The van der Waals surface area contributed by atoms with Gasteiger partial charge in [-0.15, -0.1) is 0 Å². The van der Waals surface area contributed by atoms with Crippen LogP contribution in [0, 0.1) is 11.2 Å². The lowest BCUT2D eigenvalue weighted by molar-refractivity contribution is -0.137. The molecule has 1 aromatic carbocycles. The number of halogens is 1. The number of nitrogens with zero attached hydrogens (tertiary/aromatic N) is 2. The fraction of sp³-hybridized carbons (Fsp3) is 0.455. The van der Waals surface area contributed by atoms with Crippen LogP contribution in [-0.4, -0.2) is 49.1 Å². The molecule has 1 amide bonds. The molecule has 2 heterocycles. The highest BCUT2D eigenvalue weighted by Crippen LogP contribution is 2.47. The number of sulfonamides is 1. The molecule has 2 atom stereocenters. The fourth-order valence-electron chi connectivity index (χ4n) is 4.13. The monoisotopic (exact) mass is 431 g/mol. The SMILES string of the molecule is CC1(C(=O)N2CCC(NS(C)(=O)=O)C2Cc2cccc(-c3cccc(F)c3)n2)CC1. The zero-order chi connectivity index (χ0) is 21.5. The summed E-state index contributed by atoms with van der Waals surface area (Å²) in [5.41, 5.74) is 1.73. The number of rotatable bonds is 6. The van der Waals surface area contributed by atoms with Gasteiger partial charge in [0.25, 0.3) is 0 Å². The smallest absolute Gasteiger partial charge is 0.228 e. The van der Waals surface area contributed by atoms with Crippen molar-refractivity contribution in [2.75, 3.05) is 12.8 Å². The van der Waals surface area contributed by atoms with Gasteiger partial charge in [0.2, 0.25) is 15.9 Å². The van der Waals surface area contributed by atoms with E-state index in [1.54, 1.807) is 12.1 Å². The molecule has 160 valence electrons. The van der Waals surface area contributed by atoms with E-state index < -0.39 is 10.0 Å². The molecule has 8 heteroatoms. The van der Waals surface area contributed by atoms with Gasteiger partial charge in [-0.05, 0) is 43.5 Å². The first kappa shape index (κ1) is 20.9. The second-order valence-electron chi connectivity index (χ2n) is 8.64. The maximum absolute atomic E-state index is 13.6. The molecule has 1 aromatic heterocycles. The predicted octanol–water partition coefficient (Wildman–Crippen LogP) is 2.75. The Labute approximate surface area is 176 Å². The molecule has 1 aliphatic heterocycles. The largest absolute Gasteiger partial charge is 0.337 e. The lowest BCUT2D eigenvalue weighted by Crippen LogP contribution is -2.49. The number of aromatic nitrogens is 1. The van der Waals surface area contributed by atoms with E-state index in [2.05, 4.69) is 9.71 Å². The number of hydrogen-bond acceptors (Lipinski definition) is 4. The first-order valence-corrected chi connectivity index (χ1v) is 12.0. The Bertz CT molecular complexity index is 1070. The predicted molar refractivity (Wildman–Crippen MR) is 113 cm³/mol. The second-order valence-corrected chi connectivity index (χ2v) is 10.4. The number of likely N-dealkylation sites (tertiary alicyclic amines) is 1. The van der Waals surface area contributed by atoms with Gasteiger partial charge in [0.1, 0.15) is 5.82 Å². The minimum atomic E-state index is -3.41. The number of benzene rings is 1. The molecule has 4 rings (SSSR count). The van der Waals surface area contributed by atoms with Crippen molar-refractivity contribution in [1.29, 1.82) is 0 Å². The number of carbonyl (C=O) groups is 1. The van der Waals surface area contributed by atoms with Gasteiger partial charge in [-0.25, -0.2) is 17.5 Å². The average molecular weight is 432 g/mol. The summed E-state index contributed by atoms with van der Waals surface area (Å²) in [7, 11) is -3.41. The third-order valence-corrected chi connectivity index (χ3v) is 6.76. The van der Waals surface area contributed by atoms with Gasteiger partial charge in [0.15, 0.2) is 0 Å². The van der Waals surface area contributed by atoms with Crippen LogP contribution in [0.4, 0.5) is 4.39 Å². The first-order valence-electron chi connectivity index (χ1n) is 10.1. The lowest BCUT2D eigenvalue weighted by atomic mass is 10.0. The lowest BCUT2D eigenvalue weighted by Gasteiger charge is -2.30. The number of pyridine rings is 1. The van der Waals surface area contributed by atoms with E-state index in [9.17, 15) is 17.6 Å². The van der Waals surface area contributed by atoms with Gasteiger partial charge in [0.05, 0.1) is 18.0 Å². The number of hydrogen-bond donors (Lipinski definition) is 1. The topological polar surface area (TPSA) is 79.4 Å². The van der Waals surface area contributed by atoms with Gasteiger partial charge in [-0.2, -0.15) is 0 Å². The molecule has 2 unspecified atom stereocenters. The van der Waals surface area contributed by atoms with Crippen LogP contribution < -0.4 is 4.72 Å². The maximum Gasteiger partial charge on any atom is 0.228 e. The molecule has 1 saturated carbocycles. The molecule has 1 saturated heterocycles. The van der Waals surface area contributed by atoms with E-state index in [0.29, 0.717) is 30.6 Å². The van der Waals surface area contributed by atoms with Crippen molar-refractivity contribution in [2.45, 2.75) is 44.7 Å². The Kier molecular flexibility index (Phi) is 5.40. The maximum atomic E-state index is 13.6. The van der Waals surface area contributed by atoms with Crippen molar-refractivity contribution in [3.8, 4) is 11.3 Å². The highest BCUT2D eigenvalue weighted by molar-refractivity contribution is 7.88. The van der Waals surface area contributed by atoms with Crippen LogP contribution in [-0.2, 0) is 21.2 Å². The Morgan fingerprint density at radius 3 is 2.67 bits per heavy atom. The van der Waals surface area contributed by atoms with Gasteiger partial charge >= 0.3 is 0 Å². The van der Waals surface area contributed by atoms with E-state index >= 15 is 0 Å². The van der Waals surface area contributed by atoms with Crippen LogP contribution in [0.1, 0.15) is 31.9 Å². The number of amides is 1. The normalized spacial score (nSPS) is 22.8. The molecular formula is C22H26FN3O3S. The summed E-state index contributed by atoms with van der Waals surface area (Å²) in [5.74, 6) is -0.242. The van der Waals surface area contributed by atoms with Crippen LogP contribution in [0.15, 0.2) is 42.5 Å². The number of nitrogens with one attached hydrogen (secondary N) is 1. The van der Waals surface area contributed by atoms with Crippen LogP contribution in [0.3, 0.4) is 0 Å². The molecule has 2 aliphatic rings. The minimum Gasteiger partial charge on any atom is -0.337 e. The van der Waals surface area contributed by atoms with E-state index in [0.717, 1.165) is 24.8 Å². The molecule has 0 bridgehead atoms. The zero-order valence-corrected chi connectivity index (χ0v) is 18.0. The average Bonchev–Trinajstić information content (AvgIpc) is 3.33. The molecule has 0 radical (unpaired) electrons. The standard InChI is InChI=1S/C22H26FN3O3S/c1-22(10-11-22)21(27)26-12-9-19(25-30(2,28)29)20(26)14-17-7-4-8-18(24-17)15-5-3-6-16(23)13-15/h3-8,13,19-20,25H,9-12,14H2,1-2H3. The minimum absolute atomic E-state index is 0.0894. The summed E-state index contributed by atoms with van der Waals surface area (Å²) in [4.78, 5) is 19.5. The summed E-state index contributed by atoms with van der Waals surface area (Å²) in [6.07, 6.45) is 3.87. The van der Waals surface area contributed by atoms with E-state index in [1.165, 1.54) is 12.1 Å². The van der Waals surface area contributed by atoms with Crippen LogP contribution in [0.25, 0.3) is 11.3 Å². The summed E-state index contributed by atoms with van der Waals surface area (Å²) in [5, 5.41) is 0. The summed E-state index contributed by atoms with van der Waals surface area (Å²) in [6, 6.07) is 11.1. The Balaban J connectivity index is 1.61. The van der Waals surface area contributed by atoms with E-state index in [4.69, 9.17) is 0 Å². The molecule has 0 spiro atoms. The van der Waals surface area contributed by atoms with Crippen LogP contribution in [0.5, 0.6) is 0 Å². The molecule has 2 aromatic rings. The van der Waals surface area contributed by atoms with Gasteiger partial charge in [-0.1, -0.05) is 25.1 Å². The zero-order valence-electron chi connectivity index (χ0n) is 17.1. The molecule has 6 nitrogen and oxygen atoms in total. The Morgan fingerprint density at radius 2 is 2.00 bits per heavy atom. The summed E-state index contributed by atoms with van der Waals surface area (Å²) < 4.78 is 40.1. The van der Waals surface area contributed by atoms with Crippen molar-refractivity contribution >= 4 is 15.9 Å². The van der Waals surface area contributed by atoms with Crippen molar-refractivity contribution < 1.29 is 17.6 Å². The molecule has 30 heavy (non-hydrogen) atoms. The Morgan fingerprint density at radius 1 is 1.27 bits per heavy atom. The highest BCUT2D eigenvalue weighted by Gasteiger charge is 2.51. The number of carbonyl (C=O) groups excluding carboxylic acids is 1. The second kappa shape index (κ2) is 7.74. The summed E-state index contributed by atoms with van der Waals surface area (Å²) in [6.45, 7) is 2.49. The van der Waals surface area contributed by atoms with Crippen molar-refractivity contribution in [2.24, 2.45) is 5.41 Å². The Hall–Kier alpha value is -2.32. The molecule has 1 aliphatic carbocycles. The molecular weight excluding hydrogens is 405 g/mol. The van der Waals surface area contributed by atoms with Crippen LogP contribution in [0.2, 0.25) is 0 Å². The van der Waals surface area contributed by atoms with Gasteiger partial charge < -0.3 is 4.90 Å². The summed E-state index contributed by atoms with van der Waals surface area (Å²) >= 11 is 0. The van der Waals surface area contributed by atoms with Gasteiger partial charge in [-0.3, -0.25) is 9.78 Å². The first-order chi connectivity index (χ1) is 14.1. The third-order valence-electron chi connectivity index (χ3n) is 6.03. The van der Waals surface area contributed by atoms with Crippen molar-refractivity contribution in [3.05, 3.63) is 54.0 Å². The molecule has 2 fully saturated rings. The highest BCUT2D eigenvalue weighted by atomic mass is 32.2. The quantitative estimate of drug-likeness (QED) is 0.763. The van der Waals surface area contributed by atoms with Crippen molar-refractivity contribution in [3.63, 3.8) is 0 Å².